The van der Waals surface area contributed by atoms with Crippen LogP contribution in [0.5, 0.6) is 0 Å². The van der Waals surface area contributed by atoms with Crippen molar-refractivity contribution in [1.29, 1.82) is 0 Å². The van der Waals surface area contributed by atoms with Crippen LogP contribution in [0.3, 0.4) is 0 Å². The first kappa shape index (κ1) is 16.4. The second kappa shape index (κ2) is 6.68. The van der Waals surface area contributed by atoms with Crippen LogP contribution in [0.4, 0.5) is 0 Å². The van der Waals surface area contributed by atoms with Crippen molar-refractivity contribution in [1.82, 2.24) is 0 Å². The predicted molar refractivity (Wildman–Crippen MR) is 89.0 cm³/mol. The van der Waals surface area contributed by atoms with Crippen molar-refractivity contribution in [3.63, 3.8) is 0 Å². The number of esters is 2. The molecule has 0 amide bonds. The Bertz CT molecular complexity index is 472. The summed E-state index contributed by atoms with van der Waals surface area (Å²) in [6.45, 7) is 2.20. The van der Waals surface area contributed by atoms with Gasteiger partial charge in [-0.25, -0.2) is 0 Å². The molecule has 0 heterocycles. The largest absolute Gasteiger partial charge is 0.466 e. The average Bonchev–Trinajstić information content (AvgIpc) is 2.57. The van der Waals surface area contributed by atoms with E-state index in [0.717, 1.165) is 37.5 Å². The van der Waals surface area contributed by atoms with Crippen LogP contribution in [0.2, 0.25) is 0 Å². The molecule has 0 spiro atoms. The highest BCUT2D eigenvalue weighted by molar-refractivity contribution is 5.82. The summed E-state index contributed by atoms with van der Waals surface area (Å²) in [6, 6.07) is 0. The highest BCUT2D eigenvalue weighted by Crippen LogP contribution is 2.54. The highest BCUT2D eigenvalue weighted by Gasteiger charge is 2.50. The number of hydrogen-bond donors (Lipinski definition) is 0. The smallest absolute Gasteiger partial charge is 0.310 e. The van der Waals surface area contributed by atoms with E-state index in [4.69, 9.17) is 9.47 Å². The Kier molecular flexibility index (Phi) is 4.57. The molecule has 0 aliphatic heterocycles. The fraction of sp³-hybridized carbons (Fsp3) is 0.900. The van der Waals surface area contributed by atoms with Crippen LogP contribution in [0, 0.1) is 35.5 Å². The van der Waals surface area contributed by atoms with Crippen molar-refractivity contribution in [2.45, 2.75) is 70.8 Å². The molecular formula is C20H30O4. The Morgan fingerprint density at radius 2 is 1.38 bits per heavy atom. The standard InChI is InChI=1S/C20H30O4/c1-2-23-19(21)16-5-3-4-6-17(16)20(22)24-18-14-8-12-7-13(10-14)11-15(18)9-12/h12-18H,2-11H2,1H3. The Morgan fingerprint density at radius 3 is 1.92 bits per heavy atom. The van der Waals surface area contributed by atoms with Gasteiger partial charge in [-0.1, -0.05) is 12.8 Å². The van der Waals surface area contributed by atoms with E-state index in [1.165, 1.54) is 32.1 Å². The zero-order valence-corrected chi connectivity index (χ0v) is 14.7. The summed E-state index contributed by atoms with van der Waals surface area (Å²) in [5, 5.41) is 0. The zero-order chi connectivity index (χ0) is 16.7. The van der Waals surface area contributed by atoms with Crippen molar-refractivity contribution < 1.29 is 19.1 Å². The molecule has 5 rings (SSSR count). The fourth-order valence-corrected chi connectivity index (χ4v) is 6.23. The Balaban J connectivity index is 1.42. The van der Waals surface area contributed by atoms with Gasteiger partial charge in [0.25, 0.3) is 0 Å². The number of hydrogen-bond acceptors (Lipinski definition) is 4. The molecule has 2 unspecified atom stereocenters. The molecule has 0 N–H and O–H groups in total. The van der Waals surface area contributed by atoms with Gasteiger partial charge in [-0.05, 0) is 75.5 Å². The molecule has 2 atom stereocenters. The van der Waals surface area contributed by atoms with E-state index in [-0.39, 0.29) is 29.9 Å². The lowest BCUT2D eigenvalue weighted by atomic mass is 9.55. The lowest BCUT2D eigenvalue weighted by molar-refractivity contribution is -0.181. The van der Waals surface area contributed by atoms with Gasteiger partial charge >= 0.3 is 11.9 Å². The molecule has 5 saturated carbocycles. The first-order valence-electron chi connectivity index (χ1n) is 10.0. The summed E-state index contributed by atoms with van der Waals surface area (Å²) < 4.78 is 11.3. The molecule has 5 aliphatic rings. The van der Waals surface area contributed by atoms with E-state index >= 15 is 0 Å². The lowest BCUT2D eigenvalue weighted by Crippen LogP contribution is -2.51. The molecule has 134 valence electrons. The third kappa shape index (κ3) is 2.97. The topological polar surface area (TPSA) is 52.6 Å². The fourth-order valence-electron chi connectivity index (χ4n) is 6.23. The number of carbonyl (C=O) groups excluding carboxylic acids is 2. The average molecular weight is 334 g/mol. The van der Waals surface area contributed by atoms with E-state index in [0.29, 0.717) is 18.4 Å². The van der Waals surface area contributed by atoms with Crippen LogP contribution >= 0.6 is 0 Å². The van der Waals surface area contributed by atoms with Gasteiger partial charge in [0.2, 0.25) is 0 Å². The van der Waals surface area contributed by atoms with Crippen molar-refractivity contribution >= 4 is 11.9 Å². The SMILES string of the molecule is CCOC(=O)C1CCCCC1C(=O)OC1C2CC3CC(C2)CC1C3. The van der Waals surface area contributed by atoms with Crippen LogP contribution < -0.4 is 0 Å². The second-order valence-electron chi connectivity index (χ2n) is 8.58. The molecule has 5 fully saturated rings. The summed E-state index contributed by atoms with van der Waals surface area (Å²) in [5.41, 5.74) is 0. The summed E-state index contributed by atoms with van der Waals surface area (Å²) in [4.78, 5) is 25.1. The third-order valence-corrected chi connectivity index (χ3v) is 7.05. The van der Waals surface area contributed by atoms with Crippen LogP contribution in [0.25, 0.3) is 0 Å². The van der Waals surface area contributed by atoms with Gasteiger partial charge in [0.1, 0.15) is 6.10 Å². The van der Waals surface area contributed by atoms with Gasteiger partial charge in [-0.2, -0.15) is 0 Å². The third-order valence-electron chi connectivity index (χ3n) is 7.05. The number of carbonyl (C=O) groups is 2. The Labute approximate surface area is 144 Å². The molecule has 4 nitrogen and oxygen atoms in total. The molecule has 0 radical (unpaired) electrons. The molecule has 4 bridgehead atoms. The normalized spacial score (nSPS) is 43.5. The Morgan fingerprint density at radius 1 is 0.833 bits per heavy atom. The number of rotatable bonds is 4. The first-order valence-corrected chi connectivity index (χ1v) is 10.0. The summed E-state index contributed by atoms with van der Waals surface area (Å²) in [5.74, 6) is 2.02. The maximum Gasteiger partial charge on any atom is 0.310 e. The van der Waals surface area contributed by atoms with Crippen LogP contribution in [0.15, 0.2) is 0 Å². The molecule has 5 aliphatic carbocycles. The predicted octanol–water partition coefficient (Wildman–Crippen LogP) is 3.72. The maximum atomic E-state index is 12.9. The Hall–Kier alpha value is -1.06. The molecule has 0 aromatic heterocycles. The van der Waals surface area contributed by atoms with E-state index in [9.17, 15) is 9.59 Å². The van der Waals surface area contributed by atoms with E-state index in [1.807, 2.05) is 6.92 Å². The zero-order valence-electron chi connectivity index (χ0n) is 14.7. The van der Waals surface area contributed by atoms with Gasteiger partial charge < -0.3 is 9.47 Å². The minimum Gasteiger partial charge on any atom is -0.466 e. The lowest BCUT2D eigenvalue weighted by Gasteiger charge is -2.53. The highest BCUT2D eigenvalue weighted by atomic mass is 16.5. The van der Waals surface area contributed by atoms with Gasteiger partial charge in [0.15, 0.2) is 0 Å². The second-order valence-corrected chi connectivity index (χ2v) is 8.58. The summed E-state index contributed by atoms with van der Waals surface area (Å²) in [7, 11) is 0. The molecule has 4 heteroatoms. The van der Waals surface area contributed by atoms with E-state index in [1.54, 1.807) is 0 Å². The molecular weight excluding hydrogens is 304 g/mol. The van der Waals surface area contributed by atoms with Crippen LogP contribution in [-0.4, -0.2) is 24.6 Å². The molecule has 0 saturated heterocycles. The van der Waals surface area contributed by atoms with Crippen molar-refractivity contribution in [3.05, 3.63) is 0 Å². The first-order chi connectivity index (χ1) is 11.7. The van der Waals surface area contributed by atoms with E-state index in [2.05, 4.69) is 0 Å². The molecule has 24 heavy (non-hydrogen) atoms. The van der Waals surface area contributed by atoms with Gasteiger partial charge in [0, 0.05) is 0 Å². The maximum absolute atomic E-state index is 12.9. The molecule has 0 aromatic rings. The van der Waals surface area contributed by atoms with Gasteiger partial charge in [0.05, 0.1) is 18.4 Å². The quantitative estimate of drug-likeness (QED) is 0.735. The van der Waals surface area contributed by atoms with Crippen LogP contribution in [-0.2, 0) is 19.1 Å². The van der Waals surface area contributed by atoms with Gasteiger partial charge in [-0.15, -0.1) is 0 Å². The number of ether oxygens (including phenoxy) is 2. The van der Waals surface area contributed by atoms with Crippen LogP contribution in [0.1, 0.15) is 64.7 Å². The summed E-state index contributed by atoms with van der Waals surface area (Å²) in [6.07, 6.45) is 10.1. The van der Waals surface area contributed by atoms with Crippen molar-refractivity contribution in [2.75, 3.05) is 6.61 Å². The molecule has 0 aromatic carbocycles. The van der Waals surface area contributed by atoms with E-state index < -0.39 is 0 Å². The van der Waals surface area contributed by atoms with Gasteiger partial charge in [-0.3, -0.25) is 9.59 Å². The monoisotopic (exact) mass is 334 g/mol. The minimum atomic E-state index is -0.289. The van der Waals surface area contributed by atoms with Crippen molar-refractivity contribution in [3.8, 4) is 0 Å². The minimum absolute atomic E-state index is 0.120. The summed E-state index contributed by atoms with van der Waals surface area (Å²) >= 11 is 0. The van der Waals surface area contributed by atoms with Crippen molar-refractivity contribution in [2.24, 2.45) is 35.5 Å².